The lowest BCUT2D eigenvalue weighted by atomic mass is 10.3. The lowest BCUT2D eigenvalue weighted by Gasteiger charge is -1.98. The molecule has 7 nitrogen and oxygen atoms in total. The van der Waals surface area contributed by atoms with Gasteiger partial charge < -0.3 is 5.11 Å². The van der Waals surface area contributed by atoms with Gasteiger partial charge in [0.1, 0.15) is 12.4 Å². The van der Waals surface area contributed by atoms with Gasteiger partial charge >= 0.3 is 11.7 Å². The minimum Gasteiger partial charge on any atom is -0.476 e. The van der Waals surface area contributed by atoms with Crippen LogP contribution in [0.4, 0.5) is 10.1 Å². The molecular formula is C7H8FN3O4. The molecule has 1 rings (SSSR count). The molecule has 15 heavy (non-hydrogen) atoms. The van der Waals surface area contributed by atoms with Crippen molar-refractivity contribution in [2.75, 3.05) is 6.67 Å². The van der Waals surface area contributed by atoms with E-state index in [1.165, 1.54) is 6.92 Å². The van der Waals surface area contributed by atoms with Crippen LogP contribution in [0.2, 0.25) is 0 Å². The van der Waals surface area contributed by atoms with Gasteiger partial charge in [-0.1, -0.05) is 0 Å². The summed E-state index contributed by atoms with van der Waals surface area (Å²) in [5.41, 5.74) is -1.21. The first kappa shape index (κ1) is 11.1. The van der Waals surface area contributed by atoms with Gasteiger partial charge in [-0.25, -0.2) is 13.9 Å². The van der Waals surface area contributed by atoms with Gasteiger partial charge in [-0.3, -0.25) is 10.1 Å². The predicted octanol–water partition coefficient (Wildman–Crippen LogP) is 0.767. The van der Waals surface area contributed by atoms with Gasteiger partial charge in [0.05, 0.1) is 11.5 Å². The fourth-order valence-electron chi connectivity index (χ4n) is 1.24. The molecule has 0 aliphatic heterocycles. The van der Waals surface area contributed by atoms with E-state index in [2.05, 4.69) is 5.10 Å². The van der Waals surface area contributed by atoms with Crippen molar-refractivity contribution < 1.29 is 19.2 Å². The maximum Gasteiger partial charge on any atom is 0.361 e. The molecule has 0 radical (unpaired) electrons. The Morgan fingerprint density at radius 3 is 2.73 bits per heavy atom. The summed E-state index contributed by atoms with van der Waals surface area (Å²) in [6, 6.07) is 0. The van der Waals surface area contributed by atoms with Gasteiger partial charge in [0.15, 0.2) is 0 Å². The summed E-state index contributed by atoms with van der Waals surface area (Å²) in [5, 5.41) is 22.9. The van der Waals surface area contributed by atoms with Crippen LogP contribution >= 0.6 is 0 Å². The molecule has 8 heteroatoms. The lowest BCUT2D eigenvalue weighted by Crippen LogP contribution is -2.12. The number of aromatic carboxylic acids is 1. The number of aryl methyl sites for hydroxylation is 2. The van der Waals surface area contributed by atoms with Gasteiger partial charge in [0, 0.05) is 0 Å². The number of halogens is 1. The van der Waals surface area contributed by atoms with E-state index in [0.29, 0.717) is 0 Å². The molecule has 1 aromatic heterocycles. The molecule has 0 aliphatic rings. The van der Waals surface area contributed by atoms with Crippen molar-refractivity contribution in [2.45, 2.75) is 13.5 Å². The summed E-state index contributed by atoms with van der Waals surface area (Å²) in [6.45, 7) is 0.161. The number of rotatable bonds is 4. The first-order valence-electron chi connectivity index (χ1n) is 4.00. The normalized spacial score (nSPS) is 10.3. The second kappa shape index (κ2) is 4.03. The molecule has 1 N–H and O–H groups in total. The fraction of sp³-hybridized carbons (Fsp3) is 0.429. The smallest absolute Gasteiger partial charge is 0.361 e. The quantitative estimate of drug-likeness (QED) is 0.593. The van der Waals surface area contributed by atoms with Crippen LogP contribution in [0.15, 0.2) is 0 Å². The van der Waals surface area contributed by atoms with Crippen molar-refractivity contribution in [1.29, 1.82) is 0 Å². The van der Waals surface area contributed by atoms with Gasteiger partial charge in [-0.05, 0) is 6.92 Å². The molecule has 0 amide bonds. The maximum absolute atomic E-state index is 12.0. The number of nitrogens with zero attached hydrogens (tertiary/aromatic N) is 3. The van der Waals surface area contributed by atoms with Gasteiger partial charge in [0.2, 0.25) is 5.69 Å². The van der Waals surface area contributed by atoms with Crippen LogP contribution in [-0.2, 0) is 6.54 Å². The summed E-state index contributed by atoms with van der Waals surface area (Å²) < 4.78 is 12.8. The third kappa shape index (κ3) is 1.92. The predicted molar refractivity (Wildman–Crippen MR) is 46.6 cm³/mol. The summed E-state index contributed by atoms with van der Waals surface area (Å²) >= 11 is 0. The number of hydrogen-bond acceptors (Lipinski definition) is 4. The van der Waals surface area contributed by atoms with Crippen LogP contribution < -0.4 is 0 Å². The molecule has 0 saturated heterocycles. The van der Waals surface area contributed by atoms with Gasteiger partial charge in [-0.15, -0.1) is 0 Å². The zero-order valence-corrected chi connectivity index (χ0v) is 7.81. The summed E-state index contributed by atoms with van der Waals surface area (Å²) in [4.78, 5) is 20.5. The summed E-state index contributed by atoms with van der Waals surface area (Å²) in [7, 11) is 0. The van der Waals surface area contributed by atoms with Crippen molar-refractivity contribution in [3.63, 3.8) is 0 Å². The highest BCUT2D eigenvalue weighted by molar-refractivity contribution is 5.90. The van der Waals surface area contributed by atoms with E-state index in [9.17, 15) is 19.3 Å². The molecular weight excluding hydrogens is 209 g/mol. The third-order valence-electron chi connectivity index (χ3n) is 1.78. The molecule has 0 atom stereocenters. The Balaban J connectivity index is 3.37. The highest BCUT2D eigenvalue weighted by Gasteiger charge is 2.29. The van der Waals surface area contributed by atoms with Crippen molar-refractivity contribution in [3.05, 3.63) is 21.5 Å². The van der Waals surface area contributed by atoms with E-state index in [1.54, 1.807) is 0 Å². The Morgan fingerprint density at radius 2 is 2.33 bits per heavy atom. The number of carbonyl (C=O) groups is 1. The van der Waals surface area contributed by atoms with E-state index in [0.717, 1.165) is 4.68 Å². The van der Waals surface area contributed by atoms with Gasteiger partial charge in [-0.2, -0.15) is 5.10 Å². The minimum atomic E-state index is -1.49. The number of alkyl halides is 1. The fourth-order valence-corrected chi connectivity index (χ4v) is 1.24. The second-order valence-electron chi connectivity index (χ2n) is 2.76. The van der Waals surface area contributed by atoms with Crippen molar-refractivity contribution in [2.24, 2.45) is 0 Å². The van der Waals surface area contributed by atoms with Crippen LogP contribution in [0, 0.1) is 17.0 Å². The Bertz CT molecular complexity index is 415. The van der Waals surface area contributed by atoms with Crippen LogP contribution in [0.5, 0.6) is 0 Å². The Morgan fingerprint density at radius 1 is 1.73 bits per heavy atom. The van der Waals surface area contributed by atoms with Crippen molar-refractivity contribution in [1.82, 2.24) is 9.78 Å². The van der Waals surface area contributed by atoms with Crippen molar-refractivity contribution in [3.8, 4) is 0 Å². The Kier molecular flexibility index (Phi) is 2.98. The molecule has 1 aromatic rings. The van der Waals surface area contributed by atoms with E-state index in [4.69, 9.17) is 5.11 Å². The SMILES string of the molecule is Cc1nn(CCF)c(C(=O)O)c1[N+](=O)[O-]. The van der Waals surface area contributed by atoms with Crippen molar-refractivity contribution >= 4 is 11.7 Å². The Hall–Kier alpha value is -1.99. The summed E-state index contributed by atoms with van der Waals surface area (Å²) in [6.07, 6.45) is 0. The third-order valence-corrected chi connectivity index (χ3v) is 1.78. The molecule has 0 spiro atoms. The highest BCUT2D eigenvalue weighted by atomic mass is 19.1. The second-order valence-corrected chi connectivity index (χ2v) is 2.76. The molecule has 0 aromatic carbocycles. The lowest BCUT2D eigenvalue weighted by molar-refractivity contribution is -0.385. The molecule has 0 fully saturated rings. The largest absolute Gasteiger partial charge is 0.476 e. The topological polar surface area (TPSA) is 98.3 Å². The molecule has 0 unspecified atom stereocenters. The molecule has 0 bridgehead atoms. The standard InChI is InChI=1S/C7H8FN3O4/c1-4-5(11(14)15)6(7(12)13)10(9-4)3-2-8/h2-3H2,1H3,(H,12,13). The monoisotopic (exact) mass is 217 g/mol. The zero-order chi connectivity index (χ0) is 11.6. The van der Waals surface area contributed by atoms with Crippen LogP contribution in [0.1, 0.15) is 16.2 Å². The number of carboxylic acid groups (broad SMARTS) is 1. The maximum atomic E-state index is 12.0. The van der Waals surface area contributed by atoms with E-state index < -0.39 is 28.9 Å². The van der Waals surface area contributed by atoms with Crippen LogP contribution in [0.25, 0.3) is 0 Å². The number of nitro groups is 1. The van der Waals surface area contributed by atoms with E-state index in [-0.39, 0.29) is 12.2 Å². The number of hydrogen-bond donors (Lipinski definition) is 1. The van der Waals surface area contributed by atoms with E-state index >= 15 is 0 Å². The summed E-state index contributed by atoms with van der Waals surface area (Å²) in [5.74, 6) is -1.49. The first-order valence-corrected chi connectivity index (χ1v) is 4.00. The molecule has 1 heterocycles. The molecule has 0 saturated carbocycles. The molecule has 0 aliphatic carbocycles. The van der Waals surface area contributed by atoms with Gasteiger partial charge in [0.25, 0.3) is 0 Å². The van der Waals surface area contributed by atoms with Crippen LogP contribution in [-0.4, -0.2) is 32.5 Å². The number of carboxylic acids is 1. The van der Waals surface area contributed by atoms with E-state index in [1.807, 2.05) is 0 Å². The molecule has 82 valence electrons. The highest BCUT2D eigenvalue weighted by Crippen LogP contribution is 2.22. The first-order chi connectivity index (χ1) is 6.99. The van der Waals surface area contributed by atoms with Crippen LogP contribution in [0.3, 0.4) is 0 Å². The average molecular weight is 217 g/mol. The average Bonchev–Trinajstić information content (AvgIpc) is 2.42. The zero-order valence-electron chi connectivity index (χ0n) is 7.81. The number of aromatic nitrogens is 2. The minimum absolute atomic E-state index is 0.0362. The Labute approximate surface area is 83.3 Å².